The van der Waals surface area contributed by atoms with E-state index >= 15 is 0 Å². The highest BCUT2D eigenvalue weighted by Gasteiger charge is 1.85. The van der Waals surface area contributed by atoms with Gasteiger partial charge in [-0.15, -0.1) is 12.1 Å². The van der Waals surface area contributed by atoms with Gasteiger partial charge in [0.1, 0.15) is 7.85 Å². The molecule has 0 aliphatic carbocycles. The fourth-order valence-electron chi connectivity index (χ4n) is 0.279. The molecule has 0 bridgehead atoms. The Bertz CT molecular complexity index is 59.1. The van der Waals surface area contributed by atoms with Crippen molar-refractivity contribution in [1.29, 1.82) is 0 Å². The first kappa shape index (κ1) is 6.87. The summed E-state index contributed by atoms with van der Waals surface area (Å²) in [5, 5.41) is 0. The SMILES string of the molecule is [B]/C=C/C([B])CC. The maximum Gasteiger partial charge on any atom is 0.102 e. The zero-order valence-corrected chi connectivity index (χ0v) is 4.59. The summed E-state index contributed by atoms with van der Waals surface area (Å²) >= 11 is 0. The van der Waals surface area contributed by atoms with E-state index in [4.69, 9.17) is 15.7 Å². The monoisotopic (exact) mass is 90.1 g/mol. The van der Waals surface area contributed by atoms with Crippen molar-refractivity contribution >= 4 is 15.7 Å². The zero-order chi connectivity index (χ0) is 5.70. The number of hydrogen-bond acceptors (Lipinski definition) is 0. The molecule has 2 heteroatoms. The first-order valence-corrected chi connectivity index (χ1v) is 2.45. The summed E-state index contributed by atoms with van der Waals surface area (Å²) in [6, 6.07) is 0. The van der Waals surface area contributed by atoms with Crippen molar-refractivity contribution < 1.29 is 0 Å². The molecule has 1 unspecified atom stereocenters. The average Bonchev–Trinajstić information content (AvgIpc) is 1.68. The lowest BCUT2D eigenvalue weighted by Crippen LogP contribution is -1.81. The van der Waals surface area contributed by atoms with Crippen molar-refractivity contribution in [3.8, 4) is 0 Å². The molecule has 0 aromatic heterocycles. The van der Waals surface area contributed by atoms with Gasteiger partial charge in [-0.3, -0.25) is 0 Å². The highest BCUT2D eigenvalue weighted by atomic mass is 13.8. The van der Waals surface area contributed by atoms with Crippen LogP contribution in [0.2, 0.25) is 5.82 Å². The number of hydrogen-bond donors (Lipinski definition) is 0. The predicted octanol–water partition coefficient (Wildman–Crippen LogP) is 1.04. The molecule has 0 aliphatic rings. The van der Waals surface area contributed by atoms with Crippen LogP contribution >= 0.6 is 0 Å². The molecule has 0 aromatic carbocycles. The van der Waals surface area contributed by atoms with E-state index < -0.39 is 0 Å². The van der Waals surface area contributed by atoms with E-state index in [0.29, 0.717) is 0 Å². The third-order valence-corrected chi connectivity index (χ3v) is 0.830. The second kappa shape index (κ2) is 4.04. The van der Waals surface area contributed by atoms with Crippen molar-refractivity contribution in [3.63, 3.8) is 0 Å². The van der Waals surface area contributed by atoms with Crippen LogP contribution in [0.5, 0.6) is 0 Å². The van der Waals surface area contributed by atoms with E-state index in [-0.39, 0.29) is 5.82 Å². The maximum atomic E-state index is 5.42. The van der Waals surface area contributed by atoms with E-state index in [1.807, 2.05) is 6.92 Å². The molecule has 0 aromatic rings. The van der Waals surface area contributed by atoms with Crippen LogP contribution in [0.3, 0.4) is 0 Å². The lowest BCUT2D eigenvalue weighted by Gasteiger charge is -1.96. The van der Waals surface area contributed by atoms with E-state index in [0.717, 1.165) is 6.42 Å². The minimum atomic E-state index is 0.144. The van der Waals surface area contributed by atoms with Crippen LogP contribution in [-0.4, -0.2) is 15.7 Å². The van der Waals surface area contributed by atoms with Gasteiger partial charge in [0.25, 0.3) is 0 Å². The molecular weight excluding hydrogens is 81.7 g/mol. The van der Waals surface area contributed by atoms with Gasteiger partial charge in [0.2, 0.25) is 0 Å². The third-order valence-electron chi connectivity index (χ3n) is 0.830. The first-order valence-electron chi connectivity index (χ1n) is 2.45. The van der Waals surface area contributed by atoms with Crippen molar-refractivity contribution in [1.82, 2.24) is 0 Å². The third kappa shape index (κ3) is 3.71. The highest BCUT2D eigenvalue weighted by Crippen LogP contribution is 2.03. The topological polar surface area (TPSA) is 0 Å². The van der Waals surface area contributed by atoms with Gasteiger partial charge in [-0.2, -0.15) is 0 Å². The molecule has 0 amide bonds. The van der Waals surface area contributed by atoms with Crippen LogP contribution in [0.25, 0.3) is 0 Å². The van der Waals surface area contributed by atoms with Crippen molar-refractivity contribution in [2.24, 2.45) is 0 Å². The van der Waals surface area contributed by atoms with Crippen LogP contribution in [0.4, 0.5) is 0 Å². The quantitative estimate of drug-likeness (QED) is 0.444. The van der Waals surface area contributed by atoms with E-state index in [1.54, 1.807) is 6.08 Å². The average molecular weight is 89.7 g/mol. The van der Waals surface area contributed by atoms with E-state index in [9.17, 15) is 0 Å². The van der Waals surface area contributed by atoms with Crippen LogP contribution in [0, 0.1) is 0 Å². The summed E-state index contributed by atoms with van der Waals surface area (Å²) in [4.78, 5) is 0. The van der Waals surface area contributed by atoms with E-state index in [2.05, 4.69) is 0 Å². The van der Waals surface area contributed by atoms with Crippen molar-refractivity contribution in [2.75, 3.05) is 0 Å². The Morgan fingerprint density at radius 1 is 1.71 bits per heavy atom. The van der Waals surface area contributed by atoms with Crippen molar-refractivity contribution in [2.45, 2.75) is 19.2 Å². The van der Waals surface area contributed by atoms with Crippen LogP contribution in [0.1, 0.15) is 13.3 Å². The van der Waals surface area contributed by atoms with E-state index in [1.165, 1.54) is 5.98 Å². The Morgan fingerprint density at radius 3 is 2.43 bits per heavy atom. The summed E-state index contributed by atoms with van der Waals surface area (Å²) in [7, 11) is 10.5. The van der Waals surface area contributed by atoms with Gasteiger partial charge in [-0.25, -0.2) is 0 Å². The normalized spacial score (nSPS) is 15.0. The Kier molecular flexibility index (Phi) is 3.97. The zero-order valence-electron chi connectivity index (χ0n) is 4.59. The first-order chi connectivity index (χ1) is 3.31. The minimum Gasteiger partial charge on any atom is -0.136 e. The van der Waals surface area contributed by atoms with Gasteiger partial charge < -0.3 is 0 Å². The molecule has 0 nitrogen and oxygen atoms in total. The number of allylic oxidation sites excluding steroid dienone is 1. The summed E-state index contributed by atoms with van der Waals surface area (Å²) in [6.45, 7) is 2.02. The van der Waals surface area contributed by atoms with Crippen molar-refractivity contribution in [3.05, 3.63) is 12.1 Å². The van der Waals surface area contributed by atoms with Gasteiger partial charge in [0, 0.05) is 0 Å². The van der Waals surface area contributed by atoms with Gasteiger partial charge in [-0.05, 0) is 0 Å². The lowest BCUT2D eigenvalue weighted by atomic mass is 9.83. The molecule has 0 saturated carbocycles. The predicted molar refractivity (Wildman–Crippen MR) is 34.7 cm³/mol. The summed E-state index contributed by atoms with van der Waals surface area (Å²) in [6.07, 6.45) is 2.73. The maximum absolute atomic E-state index is 5.42. The largest absolute Gasteiger partial charge is 0.136 e. The Balaban J connectivity index is 3.16. The minimum absolute atomic E-state index is 0.144. The molecule has 34 valence electrons. The Hall–Kier alpha value is -0.130. The molecule has 0 saturated heterocycles. The molecule has 1 atom stereocenters. The summed E-state index contributed by atoms with van der Waals surface area (Å²) < 4.78 is 0. The van der Waals surface area contributed by atoms with Gasteiger partial charge in [0.15, 0.2) is 0 Å². The summed E-state index contributed by atoms with van der Waals surface area (Å²) in [5.41, 5.74) is 0. The van der Waals surface area contributed by atoms with Gasteiger partial charge >= 0.3 is 0 Å². The second-order valence-electron chi connectivity index (χ2n) is 1.46. The molecule has 0 aliphatic heterocycles. The van der Waals surface area contributed by atoms with Gasteiger partial charge in [-0.1, -0.05) is 19.2 Å². The van der Waals surface area contributed by atoms with Crippen LogP contribution in [-0.2, 0) is 0 Å². The molecule has 4 radical (unpaired) electrons. The second-order valence-corrected chi connectivity index (χ2v) is 1.46. The molecule has 0 rings (SSSR count). The molecule has 0 heterocycles. The molecule has 0 N–H and O–H groups in total. The fraction of sp³-hybridized carbons (Fsp3) is 0.600. The lowest BCUT2D eigenvalue weighted by molar-refractivity contribution is 0.954. The molecular formula is C5H8B2. The van der Waals surface area contributed by atoms with Gasteiger partial charge in [0.05, 0.1) is 7.85 Å². The molecule has 0 spiro atoms. The van der Waals surface area contributed by atoms with Crippen LogP contribution < -0.4 is 0 Å². The molecule has 7 heavy (non-hydrogen) atoms. The fourth-order valence-corrected chi connectivity index (χ4v) is 0.279. The molecule has 0 fully saturated rings. The standard InChI is InChI=1S/C5H8B2/c1-2-5(7)3-4-6/h3-5H,2H2,1H3/b4-3+. The number of rotatable bonds is 2. The Morgan fingerprint density at radius 2 is 2.29 bits per heavy atom. The summed E-state index contributed by atoms with van der Waals surface area (Å²) in [5.74, 6) is 1.62. The van der Waals surface area contributed by atoms with Crippen LogP contribution in [0.15, 0.2) is 12.1 Å². The Labute approximate surface area is 47.8 Å². The highest BCUT2D eigenvalue weighted by molar-refractivity contribution is 6.18. The smallest absolute Gasteiger partial charge is 0.102 e.